The van der Waals surface area contributed by atoms with Gasteiger partial charge in [-0.2, -0.15) is 5.10 Å². The number of nitrogens with one attached hydrogen (secondary N) is 2. The van der Waals surface area contributed by atoms with Gasteiger partial charge in [0, 0.05) is 38.4 Å². The normalized spacial score (nSPS) is 24.4. The molecule has 0 bridgehead atoms. The van der Waals surface area contributed by atoms with E-state index >= 15 is 0 Å². The Morgan fingerprint density at radius 2 is 1.69 bits per heavy atom. The molecule has 2 aromatic heterocycles. The second kappa shape index (κ2) is 13.4. The molecule has 4 aliphatic rings. The number of nitrogens with two attached hydrogens (primary N) is 1. The van der Waals surface area contributed by atoms with Crippen LogP contribution in [0.1, 0.15) is 87.4 Å². The Hall–Kier alpha value is -2.56. The molecule has 11 heteroatoms. The number of ether oxygens (including phenoxy) is 1. The summed E-state index contributed by atoms with van der Waals surface area (Å²) in [6.07, 6.45) is 17.6. The lowest BCUT2D eigenvalue weighted by molar-refractivity contribution is 0.0115. The molecule has 1 atom stereocenters. The van der Waals surface area contributed by atoms with Crippen molar-refractivity contribution in [3.8, 4) is 0 Å². The summed E-state index contributed by atoms with van der Waals surface area (Å²) in [6.45, 7) is 6.07. The highest BCUT2D eigenvalue weighted by Crippen LogP contribution is 2.41. The summed E-state index contributed by atoms with van der Waals surface area (Å²) in [5.74, 6) is 0.649. The molecule has 1 saturated carbocycles. The molecule has 42 heavy (non-hydrogen) atoms. The molecule has 6 rings (SSSR count). The smallest absolute Gasteiger partial charge is 0.263 e. The fraction of sp³-hybridized carbons (Fsp3) is 0.710. The van der Waals surface area contributed by atoms with E-state index in [0.717, 1.165) is 83.6 Å². The summed E-state index contributed by atoms with van der Waals surface area (Å²) in [4.78, 5) is 23.2. The predicted octanol–water partition coefficient (Wildman–Crippen LogP) is 5.10. The van der Waals surface area contributed by atoms with Gasteiger partial charge in [0.05, 0.1) is 48.2 Å². The number of morpholine rings is 1. The first-order valence-electron chi connectivity index (χ1n) is 16.1. The van der Waals surface area contributed by atoms with Crippen LogP contribution in [0.25, 0.3) is 0 Å². The van der Waals surface area contributed by atoms with Crippen LogP contribution in [0.2, 0.25) is 0 Å². The number of alkyl halides is 1. The molecule has 230 valence electrons. The van der Waals surface area contributed by atoms with Crippen LogP contribution in [0.5, 0.6) is 0 Å². The summed E-state index contributed by atoms with van der Waals surface area (Å²) in [5.41, 5.74) is 8.23. The summed E-state index contributed by atoms with van der Waals surface area (Å²) in [7, 11) is 0. The van der Waals surface area contributed by atoms with Crippen molar-refractivity contribution >= 4 is 40.5 Å². The average molecular weight is 599 g/mol. The van der Waals surface area contributed by atoms with Gasteiger partial charge in [0.2, 0.25) is 0 Å². The number of fused-ring (bicyclic) bond motifs is 1. The molecule has 3 fully saturated rings. The zero-order valence-electron chi connectivity index (χ0n) is 24.8. The number of anilines is 4. The number of piperidine rings is 1. The minimum Gasteiger partial charge on any atom is -0.381 e. The maximum Gasteiger partial charge on any atom is 0.263 e. The molecular weight excluding hydrogens is 552 g/mol. The van der Waals surface area contributed by atoms with Gasteiger partial charge in [0.1, 0.15) is 11.4 Å². The van der Waals surface area contributed by atoms with E-state index < -0.39 is 0 Å². The highest BCUT2D eigenvalue weighted by molar-refractivity contribution is 6.22. The van der Waals surface area contributed by atoms with E-state index in [1.807, 2.05) is 6.07 Å². The second-order valence-electron chi connectivity index (χ2n) is 12.6. The Morgan fingerprint density at radius 1 is 1.02 bits per heavy atom. The van der Waals surface area contributed by atoms with Crippen LogP contribution in [0.3, 0.4) is 0 Å². The number of carbonyl (C=O) groups is 1. The third-order valence-corrected chi connectivity index (χ3v) is 10.5. The number of carbonyl (C=O) groups excluding carboxylic acids is 1. The monoisotopic (exact) mass is 598 g/mol. The molecular formula is C31H47ClN8O2. The Labute approximate surface area is 254 Å². The first-order chi connectivity index (χ1) is 20.5. The standard InChI is InChI=1S/C31H47ClN8O2/c32-26-22-40-29(36-31(26)12-7-5-3-1-2-4-6-8-13-31)27(28(33)37-40)30(41)35-24-21-34-14-9-25(24)39-15-10-23(11-16-39)38-17-19-42-20-18-38/h9,14,21,23,26,36H,1-8,10-13,15-20,22H2,(H2,33,37)(H,35,41). The maximum absolute atomic E-state index is 13.9. The summed E-state index contributed by atoms with van der Waals surface area (Å²) in [5, 5.41) is 11.3. The van der Waals surface area contributed by atoms with Crippen molar-refractivity contribution in [2.24, 2.45) is 0 Å². The summed E-state index contributed by atoms with van der Waals surface area (Å²) < 4.78 is 7.34. The summed E-state index contributed by atoms with van der Waals surface area (Å²) in [6, 6.07) is 2.58. The third kappa shape index (κ3) is 6.36. The van der Waals surface area contributed by atoms with E-state index in [2.05, 4.69) is 30.5 Å². The zero-order valence-corrected chi connectivity index (χ0v) is 25.6. The first kappa shape index (κ1) is 29.5. The molecule has 1 aliphatic carbocycles. The van der Waals surface area contributed by atoms with Crippen molar-refractivity contribution < 1.29 is 9.53 Å². The Morgan fingerprint density at radius 3 is 2.38 bits per heavy atom. The highest BCUT2D eigenvalue weighted by Gasteiger charge is 2.43. The number of nitrogens with zero attached hydrogens (tertiary/aromatic N) is 5. The lowest BCUT2D eigenvalue weighted by Crippen LogP contribution is -2.52. The van der Waals surface area contributed by atoms with Crippen LogP contribution in [0.4, 0.5) is 23.0 Å². The fourth-order valence-corrected chi connectivity index (χ4v) is 7.87. The number of halogens is 1. The molecule has 2 aromatic rings. The SMILES string of the molecule is Nc1nn2c(c1C(=O)Nc1cnccc1N1CCC(N3CCOCC3)CC1)NC1(CCCCCCCCCC1)C(Cl)C2. The molecule has 4 N–H and O–H groups in total. The first-order valence-corrected chi connectivity index (χ1v) is 16.6. The van der Waals surface area contributed by atoms with Gasteiger partial charge in [0.15, 0.2) is 5.82 Å². The molecule has 3 aliphatic heterocycles. The molecule has 10 nitrogen and oxygen atoms in total. The van der Waals surface area contributed by atoms with Gasteiger partial charge in [-0.05, 0) is 31.7 Å². The van der Waals surface area contributed by atoms with Crippen LogP contribution >= 0.6 is 11.6 Å². The predicted molar refractivity (Wildman–Crippen MR) is 169 cm³/mol. The topological polar surface area (TPSA) is 114 Å². The number of amides is 1. The molecule has 0 aromatic carbocycles. The van der Waals surface area contributed by atoms with E-state index in [1.165, 1.54) is 38.5 Å². The average Bonchev–Trinajstić information content (AvgIpc) is 3.30. The Kier molecular flexibility index (Phi) is 9.41. The highest BCUT2D eigenvalue weighted by atomic mass is 35.5. The lowest BCUT2D eigenvalue weighted by atomic mass is 9.82. The minimum atomic E-state index is -0.270. The van der Waals surface area contributed by atoms with Crippen molar-refractivity contribution in [3.63, 3.8) is 0 Å². The van der Waals surface area contributed by atoms with Gasteiger partial charge in [-0.1, -0.05) is 51.4 Å². The van der Waals surface area contributed by atoms with Crippen LogP contribution < -0.4 is 21.3 Å². The Bertz CT molecular complexity index is 1200. The molecule has 5 heterocycles. The van der Waals surface area contributed by atoms with E-state index in [1.54, 1.807) is 17.1 Å². The van der Waals surface area contributed by atoms with Crippen molar-refractivity contribution in [1.29, 1.82) is 0 Å². The largest absolute Gasteiger partial charge is 0.381 e. The second-order valence-corrected chi connectivity index (χ2v) is 13.1. The molecule has 2 saturated heterocycles. The van der Waals surface area contributed by atoms with Crippen molar-refractivity contribution in [2.45, 2.75) is 101 Å². The minimum absolute atomic E-state index is 0.119. The van der Waals surface area contributed by atoms with Gasteiger partial charge in [-0.25, -0.2) is 4.68 Å². The van der Waals surface area contributed by atoms with E-state index in [-0.39, 0.29) is 22.6 Å². The van der Waals surface area contributed by atoms with Crippen LogP contribution in [0.15, 0.2) is 18.5 Å². The summed E-state index contributed by atoms with van der Waals surface area (Å²) >= 11 is 7.09. The molecule has 1 spiro atoms. The fourth-order valence-electron chi connectivity index (χ4n) is 7.47. The Balaban J connectivity index is 1.18. The van der Waals surface area contributed by atoms with Gasteiger partial charge in [-0.15, -0.1) is 11.6 Å². The third-order valence-electron chi connectivity index (χ3n) is 9.92. The quantitative estimate of drug-likeness (QED) is 0.417. The van der Waals surface area contributed by atoms with Crippen molar-refractivity contribution in [1.82, 2.24) is 19.7 Å². The number of hydrogen-bond acceptors (Lipinski definition) is 8. The number of aromatic nitrogens is 3. The van der Waals surface area contributed by atoms with E-state index in [4.69, 9.17) is 22.1 Å². The van der Waals surface area contributed by atoms with Gasteiger partial charge in [-0.3, -0.25) is 14.7 Å². The number of rotatable bonds is 4. The molecule has 1 unspecified atom stereocenters. The van der Waals surface area contributed by atoms with Gasteiger partial charge in [0.25, 0.3) is 5.91 Å². The van der Waals surface area contributed by atoms with E-state index in [9.17, 15) is 4.79 Å². The van der Waals surface area contributed by atoms with Gasteiger partial charge >= 0.3 is 0 Å². The number of pyridine rings is 1. The van der Waals surface area contributed by atoms with Crippen molar-refractivity contribution in [3.05, 3.63) is 24.0 Å². The molecule has 0 radical (unpaired) electrons. The lowest BCUT2D eigenvalue weighted by Gasteiger charge is -2.43. The number of hydrogen-bond donors (Lipinski definition) is 3. The van der Waals surface area contributed by atoms with Gasteiger partial charge < -0.3 is 26.0 Å². The van der Waals surface area contributed by atoms with E-state index in [0.29, 0.717) is 29.7 Å². The van der Waals surface area contributed by atoms with Crippen molar-refractivity contribution in [2.75, 3.05) is 60.7 Å². The van der Waals surface area contributed by atoms with Crippen LogP contribution in [-0.2, 0) is 11.3 Å². The van der Waals surface area contributed by atoms with Crippen LogP contribution in [0, 0.1) is 0 Å². The number of nitrogen functional groups attached to an aromatic ring is 1. The molecule has 1 amide bonds. The van der Waals surface area contributed by atoms with Crippen LogP contribution in [-0.4, -0.2) is 81.9 Å². The maximum atomic E-state index is 13.9. The zero-order chi connectivity index (χ0) is 28.9.